The number of carbonyl (C=O) groups excluding carboxylic acids is 4. The summed E-state index contributed by atoms with van der Waals surface area (Å²) in [6.07, 6.45) is 0.843. The molecule has 1 aliphatic heterocycles. The highest BCUT2D eigenvalue weighted by atomic mass is 16.2. The molecule has 0 bridgehead atoms. The van der Waals surface area contributed by atoms with Crippen LogP contribution < -0.4 is 10.6 Å². The van der Waals surface area contributed by atoms with Crippen molar-refractivity contribution in [2.45, 2.75) is 46.2 Å². The Morgan fingerprint density at radius 3 is 1.29 bits per heavy atom. The monoisotopic (exact) mass is 478 g/mol. The van der Waals surface area contributed by atoms with Crippen molar-refractivity contribution in [3.05, 3.63) is 59.7 Å². The third-order valence-electron chi connectivity index (χ3n) is 6.54. The van der Waals surface area contributed by atoms with E-state index in [1.165, 1.54) is 13.8 Å². The van der Waals surface area contributed by atoms with Gasteiger partial charge in [0.25, 0.3) is 0 Å². The maximum Gasteiger partial charge on any atom is 0.241 e. The fourth-order valence-electron chi connectivity index (χ4n) is 4.13. The molecule has 1 aliphatic rings. The van der Waals surface area contributed by atoms with E-state index in [0.29, 0.717) is 35.6 Å². The number of Topliss-reactive ketones (excluding diaryl/α,β-unsaturated/α-hetero) is 2. The molecule has 1 saturated heterocycles. The molecule has 8 heteroatoms. The minimum absolute atomic E-state index is 0.0147. The summed E-state index contributed by atoms with van der Waals surface area (Å²) >= 11 is 0. The lowest BCUT2D eigenvalue weighted by atomic mass is 10.1. The van der Waals surface area contributed by atoms with Crippen molar-refractivity contribution in [1.82, 2.24) is 9.80 Å². The first-order valence-electron chi connectivity index (χ1n) is 12.0. The van der Waals surface area contributed by atoms with Gasteiger partial charge in [-0.05, 0) is 82.6 Å². The molecule has 0 radical (unpaired) electrons. The third kappa shape index (κ3) is 7.07. The first-order chi connectivity index (χ1) is 16.7. The first-order valence-corrected chi connectivity index (χ1v) is 12.0. The number of carbonyl (C=O) groups is 4. The van der Waals surface area contributed by atoms with Crippen molar-refractivity contribution in [1.29, 1.82) is 0 Å². The summed E-state index contributed by atoms with van der Waals surface area (Å²) in [7, 11) is 0. The van der Waals surface area contributed by atoms with Gasteiger partial charge >= 0.3 is 0 Å². The number of hydrogen-bond acceptors (Lipinski definition) is 6. The zero-order valence-corrected chi connectivity index (χ0v) is 20.8. The molecule has 0 aromatic heterocycles. The van der Waals surface area contributed by atoms with Crippen LogP contribution >= 0.6 is 0 Å². The van der Waals surface area contributed by atoms with Gasteiger partial charge in [-0.15, -0.1) is 0 Å². The van der Waals surface area contributed by atoms with Crippen LogP contribution in [0.25, 0.3) is 0 Å². The van der Waals surface area contributed by atoms with Crippen LogP contribution in [0.15, 0.2) is 48.5 Å². The van der Waals surface area contributed by atoms with E-state index < -0.39 is 0 Å². The van der Waals surface area contributed by atoms with E-state index >= 15 is 0 Å². The minimum Gasteiger partial charge on any atom is -0.325 e. The molecule has 2 amide bonds. The van der Waals surface area contributed by atoms with Crippen molar-refractivity contribution < 1.29 is 19.2 Å². The van der Waals surface area contributed by atoms with E-state index in [1.807, 2.05) is 13.8 Å². The van der Waals surface area contributed by atoms with Gasteiger partial charge in [0, 0.05) is 48.7 Å². The van der Waals surface area contributed by atoms with Crippen molar-refractivity contribution in [3.63, 3.8) is 0 Å². The summed E-state index contributed by atoms with van der Waals surface area (Å²) in [5.41, 5.74) is 2.53. The zero-order chi connectivity index (χ0) is 25.5. The van der Waals surface area contributed by atoms with Crippen LogP contribution in [0.4, 0.5) is 11.4 Å². The number of nitrogens with one attached hydrogen (secondary N) is 2. The molecule has 2 atom stereocenters. The van der Waals surface area contributed by atoms with Gasteiger partial charge < -0.3 is 10.6 Å². The third-order valence-corrected chi connectivity index (χ3v) is 6.54. The number of ketones is 2. The number of nitrogens with zero attached hydrogens (tertiary/aromatic N) is 2. The molecule has 0 aliphatic carbocycles. The summed E-state index contributed by atoms with van der Waals surface area (Å²) < 4.78 is 0. The first kappa shape index (κ1) is 26.2. The lowest BCUT2D eigenvalue weighted by Gasteiger charge is -2.28. The SMILES string of the molecule is CC(=O)c1ccc(NC(=O)[C@@H](C)N2CCCN([C@@H](C)C(=O)Nc3ccc(C(C)=O)cc3)CC2)cc1. The highest BCUT2D eigenvalue weighted by Gasteiger charge is 2.28. The van der Waals surface area contributed by atoms with E-state index in [0.717, 1.165) is 19.5 Å². The van der Waals surface area contributed by atoms with Crippen LogP contribution in [-0.2, 0) is 9.59 Å². The van der Waals surface area contributed by atoms with Crippen LogP contribution in [0.3, 0.4) is 0 Å². The van der Waals surface area contributed by atoms with Crippen LogP contribution in [0.1, 0.15) is 54.8 Å². The molecular formula is C27H34N4O4. The lowest BCUT2D eigenvalue weighted by Crippen LogP contribution is -2.46. The second-order valence-corrected chi connectivity index (χ2v) is 9.02. The smallest absolute Gasteiger partial charge is 0.241 e. The molecule has 0 unspecified atom stereocenters. The van der Waals surface area contributed by atoms with Gasteiger partial charge in [0.1, 0.15) is 0 Å². The van der Waals surface area contributed by atoms with Gasteiger partial charge in [-0.3, -0.25) is 29.0 Å². The number of anilines is 2. The molecule has 3 rings (SSSR count). The molecule has 35 heavy (non-hydrogen) atoms. The second kappa shape index (κ2) is 11.9. The Morgan fingerprint density at radius 2 is 0.971 bits per heavy atom. The molecule has 0 spiro atoms. The fraction of sp³-hybridized carbons (Fsp3) is 0.407. The molecule has 1 heterocycles. The van der Waals surface area contributed by atoms with Gasteiger partial charge in [0.05, 0.1) is 12.1 Å². The molecule has 2 aromatic carbocycles. The summed E-state index contributed by atoms with van der Waals surface area (Å²) in [4.78, 5) is 52.8. The Labute approximate surface area is 206 Å². The number of benzene rings is 2. The molecular weight excluding hydrogens is 444 g/mol. The highest BCUT2D eigenvalue weighted by Crippen LogP contribution is 2.16. The van der Waals surface area contributed by atoms with Crippen LogP contribution in [-0.4, -0.2) is 71.4 Å². The van der Waals surface area contributed by atoms with Gasteiger partial charge in [-0.1, -0.05) is 0 Å². The molecule has 2 aromatic rings. The summed E-state index contributed by atoms with van der Waals surface area (Å²) in [6, 6.07) is 13.1. The maximum atomic E-state index is 12.8. The molecule has 1 fully saturated rings. The zero-order valence-electron chi connectivity index (χ0n) is 20.8. The van der Waals surface area contributed by atoms with Gasteiger partial charge in [-0.25, -0.2) is 0 Å². The number of rotatable bonds is 8. The quantitative estimate of drug-likeness (QED) is 0.564. The van der Waals surface area contributed by atoms with Crippen LogP contribution in [0, 0.1) is 0 Å². The Kier molecular flexibility index (Phi) is 8.89. The number of hydrogen-bond donors (Lipinski definition) is 2. The van der Waals surface area contributed by atoms with E-state index in [1.54, 1.807) is 48.5 Å². The Hall–Kier alpha value is -3.36. The van der Waals surface area contributed by atoms with Crippen LogP contribution in [0.2, 0.25) is 0 Å². The second-order valence-electron chi connectivity index (χ2n) is 9.02. The van der Waals surface area contributed by atoms with E-state index in [9.17, 15) is 19.2 Å². The predicted molar refractivity (Wildman–Crippen MR) is 137 cm³/mol. The maximum absolute atomic E-state index is 12.8. The van der Waals surface area contributed by atoms with E-state index in [4.69, 9.17) is 0 Å². The summed E-state index contributed by atoms with van der Waals surface area (Å²) in [5, 5.41) is 5.85. The molecule has 0 saturated carbocycles. The standard InChI is InChI=1S/C27H34N4O4/c1-18(26(34)28-24-10-6-22(7-11-24)20(3)32)30-14-5-15-31(17-16-30)19(2)27(35)29-25-12-8-23(9-13-25)21(4)33/h6-13,18-19H,5,14-17H2,1-4H3,(H,28,34)(H,29,35)/t18-,19+. The van der Waals surface area contributed by atoms with Gasteiger partial charge in [-0.2, -0.15) is 0 Å². The highest BCUT2D eigenvalue weighted by molar-refractivity contribution is 5.98. The molecule has 2 N–H and O–H groups in total. The summed E-state index contributed by atoms with van der Waals surface area (Å²) in [6.45, 7) is 9.65. The van der Waals surface area contributed by atoms with Crippen LogP contribution in [0.5, 0.6) is 0 Å². The topological polar surface area (TPSA) is 98.8 Å². The Bertz CT molecular complexity index is 980. The summed E-state index contributed by atoms with van der Waals surface area (Å²) in [5.74, 6) is -0.235. The van der Waals surface area contributed by atoms with Crippen molar-refractivity contribution in [3.8, 4) is 0 Å². The van der Waals surface area contributed by atoms with Gasteiger partial charge in [0.15, 0.2) is 11.6 Å². The molecule has 186 valence electrons. The predicted octanol–water partition coefficient (Wildman–Crippen LogP) is 3.45. The fourth-order valence-corrected chi connectivity index (χ4v) is 4.13. The minimum atomic E-state index is -0.327. The Morgan fingerprint density at radius 1 is 0.629 bits per heavy atom. The van der Waals surface area contributed by atoms with E-state index in [-0.39, 0.29) is 35.5 Å². The average Bonchev–Trinajstić information content (AvgIpc) is 3.10. The van der Waals surface area contributed by atoms with Crippen molar-refractivity contribution in [2.75, 3.05) is 36.8 Å². The van der Waals surface area contributed by atoms with E-state index in [2.05, 4.69) is 20.4 Å². The molecule has 8 nitrogen and oxygen atoms in total. The van der Waals surface area contributed by atoms with Crippen molar-refractivity contribution in [2.24, 2.45) is 0 Å². The largest absolute Gasteiger partial charge is 0.325 e. The Balaban J connectivity index is 1.52. The average molecular weight is 479 g/mol. The van der Waals surface area contributed by atoms with Gasteiger partial charge in [0.2, 0.25) is 11.8 Å². The normalized spacial score (nSPS) is 16.6. The number of amides is 2. The lowest BCUT2D eigenvalue weighted by molar-refractivity contribution is -0.122. The van der Waals surface area contributed by atoms with Crippen molar-refractivity contribution >= 4 is 34.8 Å².